The van der Waals surface area contributed by atoms with Crippen LogP contribution in [0.1, 0.15) is 46.0 Å². The van der Waals surface area contributed by atoms with Gasteiger partial charge in [-0.25, -0.2) is 4.39 Å². The number of imide groups is 1. The molecule has 1 aromatic rings. The van der Waals surface area contributed by atoms with Gasteiger partial charge in [0.25, 0.3) is 0 Å². The molecule has 5 heteroatoms. The first-order valence-corrected chi connectivity index (χ1v) is 4.64. The van der Waals surface area contributed by atoms with Crippen LogP contribution in [0.3, 0.4) is 0 Å². The molecule has 2 rings (SSSR count). The van der Waals surface area contributed by atoms with Crippen LogP contribution >= 0.6 is 0 Å². The van der Waals surface area contributed by atoms with Gasteiger partial charge in [0.15, 0.2) is 0 Å². The van der Waals surface area contributed by atoms with Crippen molar-refractivity contribution < 1.29 is 46.7 Å². The molecule has 16 heavy (non-hydrogen) atoms. The Morgan fingerprint density at radius 1 is 1.12 bits per heavy atom. The summed E-state index contributed by atoms with van der Waals surface area (Å²) in [5.74, 6) is -1.71. The number of rotatable bonds is 1. The minimum absolute atomic E-state index is 0. The fourth-order valence-electron chi connectivity index (χ4n) is 1.60. The molecular weight excluding hydrogens is 286 g/mol. The predicted molar refractivity (Wildman–Crippen MR) is 52.5 cm³/mol. The molecule has 3 nitrogen and oxygen atoms in total. The van der Waals surface area contributed by atoms with E-state index in [1.165, 1.54) is 6.07 Å². The Labute approximate surface area is 118 Å². The maximum atomic E-state index is 13.5. The van der Waals surface area contributed by atoms with Crippen LogP contribution in [0.2, 0.25) is 0 Å². The number of carbonyl (C=O) groups is 2. The Balaban J connectivity index is 0.00000128. The first kappa shape index (κ1) is 13.5. The predicted octanol–water partition coefficient (Wildman–Crippen LogP) is 2.61. The first-order chi connectivity index (χ1) is 7.00. The Morgan fingerprint density at radius 3 is 2.12 bits per heavy atom. The molecule has 0 spiro atoms. The normalized spacial score (nSPS) is 13.5. The molecule has 81 valence electrons. The molecule has 0 fully saturated rings. The molecule has 1 radical (unpaired) electrons. The van der Waals surface area contributed by atoms with Gasteiger partial charge in [-0.05, 0) is 23.6 Å². The smallest absolute Gasteiger partial charge is 0.127 e. The van der Waals surface area contributed by atoms with Crippen molar-refractivity contribution in [2.45, 2.75) is 19.8 Å². The summed E-state index contributed by atoms with van der Waals surface area (Å²) in [6.45, 7) is 3.65. The zero-order valence-electron chi connectivity index (χ0n) is 8.95. The number of hydrogen-bond acceptors (Lipinski definition) is 2. The van der Waals surface area contributed by atoms with Gasteiger partial charge in [-0.15, -0.1) is 0 Å². The van der Waals surface area contributed by atoms with E-state index < -0.39 is 17.6 Å². The fourth-order valence-corrected chi connectivity index (χ4v) is 1.60. The minimum Gasteiger partial charge on any atom is -0.587 e. The molecule has 1 aliphatic heterocycles. The van der Waals surface area contributed by atoms with Crippen molar-refractivity contribution in [2.24, 2.45) is 0 Å². The Kier molecular flexibility index (Phi) is 3.97. The second kappa shape index (κ2) is 4.72. The van der Waals surface area contributed by atoms with E-state index in [2.05, 4.69) is 5.32 Å². The first-order valence-electron chi connectivity index (χ1n) is 4.64. The van der Waals surface area contributed by atoms with Crippen molar-refractivity contribution in [1.29, 1.82) is 0 Å². The summed E-state index contributed by atoms with van der Waals surface area (Å²) in [5.41, 5.74) is 0.721. The number of benzene rings is 1. The van der Waals surface area contributed by atoms with Crippen LogP contribution in [-0.2, 0) is 32.7 Å². The number of amides is 2. The third-order valence-electron chi connectivity index (χ3n) is 2.42. The van der Waals surface area contributed by atoms with Gasteiger partial charge in [0.1, 0.15) is 5.82 Å². The largest absolute Gasteiger partial charge is 0.587 e. The molecule has 1 aromatic carbocycles. The molecule has 0 unspecified atom stereocenters. The van der Waals surface area contributed by atoms with Gasteiger partial charge < -0.3 is 14.9 Å². The molecule has 0 bridgehead atoms. The van der Waals surface area contributed by atoms with Gasteiger partial charge in [0.05, 0.1) is 11.8 Å². The molecule has 0 atom stereocenters. The van der Waals surface area contributed by atoms with Crippen molar-refractivity contribution in [3.63, 3.8) is 0 Å². The van der Waals surface area contributed by atoms with Gasteiger partial charge >= 0.3 is 0 Å². The second-order valence-electron chi connectivity index (χ2n) is 3.80. The van der Waals surface area contributed by atoms with Crippen LogP contribution in [0.15, 0.2) is 12.1 Å². The zero-order chi connectivity index (χ0) is 11.2. The SMILES string of the molecule is CC(C)c1cc2c(cc1F)C(=O)[N-]C2=O.[Y]. The van der Waals surface area contributed by atoms with Crippen molar-refractivity contribution in [2.75, 3.05) is 0 Å². The molecule has 0 N–H and O–H groups in total. The third-order valence-corrected chi connectivity index (χ3v) is 2.42. The van der Waals surface area contributed by atoms with Crippen LogP contribution in [0, 0.1) is 5.82 Å². The molecule has 2 amide bonds. The van der Waals surface area contributed by atoms with Crippen molar-refractivity contribution >= 4 is 11.8 Å². The third kappa shape index (κ3) is 2.09. The maximum Gasteiger partial charge on any atom is 0.127 e. The van der Waals surface area contributed by atoms with E-state index in [9.17, 15) is 14.0 Å². The zero-order valence-corrected chi connectivity index (χ0v) is 11.8. The topological polar surface area (TPSA) is 48.2 Å². The van der Waals surface area contributed by atoms with Crippen LogP contribution in [0.25, 0.3) is 5.32 Å². The number of hydrogen-bond donors (Lipinski definition) is 0. The van der Waals surface area contributed by atoms with Crippen LogP contribution in [0.4, 0.5) is 4.39 Å². The van der Waals surface area contributed by atoms with Gasteiger partial charge in [-0.1, -0.05) is 13.8 Å². The van der Waals surface area contributed by atoms with Crippen molar-refractivity contribution in [3.05, 3.63) is 40.0 Å². The summed E-state index contributed by atoms with van der Waals surface area (Å²) >= 11 is 0. The molecule has 1 aliphatic rings. The summed E-state index contributed by atoms with van der Waals surface area (Å²) in [4.78, 5) is 22.4. The van der Waals surface area contributed by atoms with E-state index in [1.807, 2.05) is 13.8 Å². The molecule has 0 saturated carbocycles. The molecular formula is C11H9FNO2Y-. The molecule has 0 aliphatic carbocycles. The standard InChI is InChI=1S/C11H10FNO2.Y/c1-5(2)6-3-7-8(4-9(6)12)11(15)13-10(7)14;/h3-5H,1-2H3,(H,13,14,15);/p-1. The number of nitrogens with zero attached hydrogens (tertiary/aromatic N) is 1. The summed E-state index contributed by atoms with van der Waals surface area (Å²) in [6.07, 6.45) is 0. The van der Waals surface area contributed by atoms with E-state index in [4.69, 9.17) is 0 Å². The Hall–Kier alpha value is -0.606. The second-order valence-corrected chi connectivity index (χ2v) is 3.80. The quantitative estimate of drug-likeness (QED) is 0.748. The van der Waals surface area contributed by atoms with Crippen molar-refractivity contribution in [1.82, 2.24) is 0 Å². The van der Waals surface area contributed by atoms with Gasteiger partial charge in [0, 0.05) is 43.8 Å². The van der Waals surface area contributed by atoms with E-state index in [-0.39, 0.29) is 49.8 Å². The Morgan fingerprint density at radius 2 is 1.62 bits per heavy atom. The number of carbonyl (C=O) groups excluding carboxylic acids is 2. The number of fused-ring (bicyclic) bond motifs is 1. The molecule has 0 aromatic heterocycles. The monoisotopic (exact) mass is 295 g/mol. The minimum atomic E-state index is -0.649. The summed E-state index contributed by atoms with van der Waals surface area (Å²) < 4.78 is 13.5. The summed E-state index contributed by atoms with van der Waals surface area (Å²) in [6, 6.07) is 2.52. The van der Waals surface area contributed by atoms with E-state index in [0.29, 0.717) is 5.56 Å². The maximum absolute atomic E-state index is 13.5. The molecule has 1 heterocycles. The van der Waals surface area contributed by atoms with E-state index >= 15 is 0 Å². The number of halogens is 1. The molecule has 0 saturated heterocycles. The van der Waals surface area contributed by atoms with Gasteiger partial charge in [0.2, 0.25) is 0 Å². The average Bonchev–Trinajstić information content (AvgIpc) is 2.41. The Bertz CT molecular complexity index is 471. The fraction of sp³-hybridized carbons (Fsp3) is 0.273. The van der Waals surface area contributed by atoms with Crippen LogP contribution in [0.5, 0.6) is 0 Å². The van der Waals surface area contributed by atoms with Crippen molar-refractivity contribution in [3.8, 4) is 0 Å². The summed E-state index contributed by atoms with van der Waals surface area (Å²) in [7, 11) is 0. The summed E-state index contributed by atoms with van der Waals surface area (Å²) in [5, 5.41) is 3.25. The van der Waals surface area contributed by atoms with E-state index in [0.717, 1.165) is 6.07 Å². The van der Waals surface area contributed by atoms with Crippen LogP contribution < -0.4 is 0 Å². The average molecular weight is 295 g/mol. The van der Waals surface area contributed by atoms with Gasteiger partial charge in [-0.3, -0.25) is 0 Å². The van der Waals surface area contributed by atoms with E-state index in [1.54, 1.807) is 0 Å². The van der Waals surface area contributed by atoms with Gasteiger partial charge in [-0.2, -0.15) is 0 Å². The van der Waals surface area contributed by atoms with Crippen LogP contribution in [-0.4, -0.2) is 11.8 Å².